The van der Waals surface area contributed by atoms with Gasteiger partial charge in [-0.05, 0) is 12.8 Å². The van der Waals surface area contributed by atoms with Crippen LogP contribution < -0.4 is 0 Å². The largest absolute Gasteiger partial charge is 0.306 e. The lowest BCUT2D eigenvalue weighted by Crippen LogP contribution is -1.97. The third-order valence-corrected chi connectivity index (χ3v) is 1.82. The van der Waals surface area contributed by atoms with E-state index in [-0.39, 0.29) is 5.75 Å². The molecule has 0 rings (SSSR count). The van der Waals surface area contributed by atoms with Gasteiger partial charge in [-0.25, -0.2) is 4.21 Å². The van der Waals surface area contributed by atoms with Crippen molar-refractivity contribution in [1.29, 1.82) is 0 Å². The van der Waals surface area contributed by atoms with E-state index >= 15 is 0 Å². The molecule has 0 aliphatic carbocycles. The van der Waals surface area contributed by atoms with Crippen molar-refractivity contribution in [1.82, 2.24) is 0 Å². The molecule has 9 heavy (non-hydrogen) atoms. The molecule has 1 atom stereocenters. The molecular weight excluding hydrogens is 183 g/mol. The van der Waals surface area contributed by atoms with E-state index in [1.54, 1.807) is 0 Å². The van der Waals surface area contributed by atoms with Crippen LogP contribution in [0.15, 0.2) is 0 Å². The van der Waals surface area contributed by atoms with E-state index in [4.69, 9.17) is 27.8 Å². The van der Waals surface area contributed by atoms with E-state index in [1.165, 1.54) is 0 Å². The Balaban J connectivity index is 3.01. The first-order chi connectivity index (χ1) is 4.13. The van der Waals surface area contributed by atoms with Crippen LogP contribution in [0.4, 0.5) is 0 Å². The van der Waals surface area contributed by atoms with Gasteiger partial charge >= 0.3 is 0 Å². The number of rotatable bonds is 4. The molecule has 1 unspecified atom stereocenters. The predicted octanol–water partition coefficient (Wildman–Crippen LogP) is 1.79. The summed E-state index contributed by atoms with van der Waals surface area (Å²) in [5.74, 6) is 0.260. The molecule has 0 aromatic rings. The van der Waals surface area contributed by atoms with E-state index < -0.39 is 15.9 Å². The maximum atomic E-state index is 10.0. The maximum absolute atomic E-state index is 10.0. The Morgan fingerprint density at radius 1 is 1.56 bits per heavy atom. The van der Waals surface area contributed by atoms with Gasteiger partial charge in [0.05, 0.1) is 0 Å². The van der Waals surface area contributed by atoms with Crippen LogP contribution in [0.5, 0.6) is 0 Å². The second-order valence-corrected chi connectivity index (χ2v) is 3.89. The molecule has 0 amide bonds. The lowest BCUT2D eigenvalue weighted by molar-refractivity contribution is 0.561. The Hall–Kier alpha value is 0.690. The van der Waals surface area contributed by atoms with Gasteiger partial charge in [0, 0.05) is 5.75 Å². The lowest BCUT2D eigenvalue weighted by atomic mass is 10.4. The highest BCUT2D eigenvalue weighted by atomic mass is 35.5. The first-order valence-corrected chi connectivity index (χ1v) is 4.63. The first-order valence-electron chi connectivity index (χ1n) is 2.48. The molecule has 2 nitrogen and oxygen atoms in total. The standard InChI is InChI=1S/C4H8Cl2O2S/c5-4(6)2-1-3-9(7)8/h4H,1-3H2,(H,7,8). The van der Waals surface area contributed by atoms with Gasteiger partial charge in [-0.1, -0.05) is 0 Å². The van der Waals surface area contributed by atoms with Crippen molar-refractivity contribution in [2.45, 2.75) is 17.7 Å². The Morgan fingerprint density at radius 3 is 2.44 bits per heavy atom. The molecule has 0 spiro atoms. The summed E-state index contributed by atoms with van der Waals surface area (Å²) in [5, 5.41) is 0. The third-order valence-electron chi connectivity index (χ3n) is 0.741. The summed E-state index contributed by atoms with van der Waals surface area (Å²) in [6.45, 7) is 0. The molecule has 0 saturated carbocycles. The molecule has 0 saturated heterocycles. The molecule has 0 radical (unpaired) electrons. The highest BCUT2D eigenvalue weighted by Crippen LogP contribution is 2.09. The zero-order valence-electron chi connectivity index (χ0n) is 4.72. The SMILES string of the molecule is O=S(O)CCCC(Cl)Cl. The Kier molecular flexibility index (Phi) is 5.89. The van der Waals surface area contributed by atoms with Gasteiger partial charge in [0.2, 0.25) is 0 Å². The fourth-order valence-electron chi connectivity index (χ4n) is 0.361. The highest BCUT2D eigenvalue weighted by Gasteiger charge is 1.99. The normalized spacial score (nSPS) is 14.2. The van der Waals surface area contributed by atoms with Crippen molar-refractivity contribution in [2.24, 2.45) is 0 Å². The smallest absolute Gasteiger partial charge is 0.152 e. The highest BCUT2D eigenvalue weighted by molar-refractivity contribution is 7.79. The van der Waals surface area contributed by atoms with E-state index in [1.807, 2.05) is 0 Å². The summed E-state index contributed by atoms with van der Waals surface area (Å²) in [6.07, 6.45) is 1.18. The maximum Gasteiger partial charge on any atom is 0.152 e. The van der Waals surface area contributed by atoms with Gasteiger partial charge in [0.15, 0.2) is 11.1 Å². The Morgan fingerprint density at radius 2 is 2.11 bits per heavy atom. The zero-order valence-corrected chi connectivity index (χ0v) is 7.05. The molecule has 0 bridgehead atoms. The molecule has 5 heteroatoms. The van der Waals surface area contributed by atoms with E-state index in [2.05, 4.69) is 0 Å². The van der Waals surface area contributed by atoms with E-state index in [0.29, 0.717) is 12.8 Å². The van der Waals surface area contributed by atoms with Crippen molar-refractivity contribution in [3.63, 3.8) is 0 Å². The van der Waals surface area contributed by atoms with E-state index in [9.17, 15) is 4.21 Å². The van der Waals surface area contributed by atoms with Gasteiger partial charge in [-0.2, -0.15) is 0 Å². The monoisotopic (exact) mass is 190 g/mol. The fraction of sp³-hybridized carbons (Fsp3) is 1.00. The average Bonchev–Trinajstić information content (AvgIpc) is 1.63. The van der Waals surface area contributed by atoms with Crippen LogP contribution in [0.1, 0.15) is 12.8 Å². The van der Waals surface area contributed by atoms with Crippen LogP contribution in [0.2, 0.25) is 0 Å². The van der Waals surface area contributed by atoms with Crippen molar-refractivity contribution >= 4 is 34.3 Å². The van der Waals surface area contributed by atoms with Crippen LogP contribution in [0.25, 0.3) is 0 Å². The minimum atomic E-state index is -1.70. The number of alkyl halides is 2. The summed E-state index contributed by atoms with van der Waals surface area (Å²) in [5.41, 5.74) is 0. The molecule has 0 aliphatic rings. The molecule has 1 N–H and O–H groups in total. The Bertz CT molecular complexity index is 96.6. The van der Waals surface area contributed by atoms with Crippen LogP contribution in [0, 0.1) is 0 Å². The minimum absolute atomic E-state index is 0.260. The van der Waals surface area contributed by atoms with Crippen LogP contribution >= 0.6 is 23.2 Å². The minimum Gasteiger partial charge on any atom is -0.306 e. The molecule has 0 heterocycles. The third kappa shape index (κ3) is 8.69. The molecule has 0 fully saturated rings. The van der Waals surface area contributed by atoms with Crippen molar-refractivity contribution in [3.8, 4) is 0 Å². The molecular formula is C4H8Cl2O2S. The predicted molar refractivity (Wildman–Crippen MR) is 40.4 cm³/mol. The second kappa shape index (κ2) is 5.47. The topological polar surface area (TPSA) is 37.3 Å². The fourth-order valence-corrected chi connectivity index (χ4v) is 1.08. The van der Waals surface area contributed by atoms with Gasteiger partial charge < -0.3 is 4.55 Å². The Labute approximate surface area is 66.8 Å². The summed E-state index contributed by atoms with van der Waals surface area (Å²) >= 11 is 8.99. The van der Waals surface area contributed by atoms with Crippen molar-refractivity contribution in [2.75, 3.05) is 5.75 Å². The van der Waals surface area contributed by atoms with Gasteiger partial charge in [-0.3, -0.25) is 0 Å². The zero-order chi connectivity index (χ0) is 7.28. The van der Waals surface area contributed by atoms with Crippen molar-refractivity contribution < 1.29 is 8.76 Å². The second-order valence-electron chi connectivity index (χ2n) is 1.56. The van der Waals surface area contributed by atoms with E-state index in [0.717, 1.165) is 0 Å². The number of halogens is 2. The molecule has 0 aromatic carbocycles. The molecule has 0 aliphatic heterocycles. The van der Waals surface area contributed by atoms with Gasteiger partial charge in [0.25, 0.3) is 0 Å². The summed E-state index contributed by atoms with van der Waals surface area (Å²) in [6, 6.07) is 0. The summed E-state index contributed by atoms with van der Waals surface area (Å²) in [7, 11) is 0. The first kappa shape index (κ1) is 9.69. The summed E-state index contributed by atoms with van der Waals surface area (Å²) in [4.78, 5) is -0.409. The van der Waals surface area contributed by atoms with Crippen LogP contribution in [-0.4, -0.2) is 19.4 Å². The average molecular weight is 191 g/mol. The quantitative estimate of drug-likeness (QED) is 0.543. The lowest BCUT2D eigenvalue weighted by Gasteiger charge is -1.96. The number of hydrogen-bond donors (Lipinski definition) is 1. The van der Waals surface area contributed by atoms with Crippen molar-refractivity contribution in [3.05, 3.63) is 0 Å². The number of hydrogen-bond acceptors (Lipinski definition) is 1. The van der Waals surface area contributed by atoms with Crippen LogP contribution in [0.3, 0.4) is 0 Å². The molecule has 56 valence electrons. The van der Waals surface area contributed by atoms with Gasteiger partial charge in [-0.15, -0.1) is 23.2 Å². The van der Waals surface area contributed by atoms with Crippen LogP contribution in [-0.2, 0) is 11.1 Å². The molecule has 0 aromatic heterocycles. The summed E-state index contributed by atoms with van der Waals surface area (Å²) < 4.78 is 18.3. The van der Waals surface area contributed by atoms with Gasteiger partial charge in [0.1, 0.15) is 4.84 Å².